The largest absolute Gasteiger partial charge is 0.497 e. The first kappa shape index (κ1) is 14.5. The summed E-state index contributed by atoms with van der Waals surface area (Å²) in [7, 11) is 1.60. The van der Waals surface area contributed by atoms with Crippen molar-refractivity contribution in [2.75, 3.05) is 24.7 Å². The number of methoxy groups -OCH3 is 1. The van der Waals surface area contributed by atoms with Crippen LogP contribution in [0.5, 0.6) is 5.75 Å². The average molecular weight is 289 g/mol. The molecule has 2 rings (SSSR count). The number of nitrogens with zero attached hydrogens (tertiary/aromatic N) is 3. The smallest absolute Gasteiger partial charge is 0.352 e. The molecule has 0 aliphatic carbocycles. The predicted molar refractivity (Wildman–Crippen MR) is 78.3 cm³/mol. The summed E-state index contributed by atoms with van der Waals surface area (Å²) in [5.74, 6) is 0.735. The third kappa shape index (κ3) is 3.56. The molecular formula is C13H15N5O3. The Hall–Kier alpha value is -2.90. The van der Waals surface area contributed by atoms with Gasteiger partial charge in [-0.1, -0.05) is 12.1 Å². The Bertz CT molecular complexity index is 647. The second-order valence-corrected chi connectivity index (χ2v) is 4.24. The third-order valence-corrected chi connectivity index (χ3v) is 2.87. The van der Waals surface area contributed by atoms with Gasteiger partial charge in [0, 0.05) is 6.54 Å². The van der Waals surface area contributed by atoms with E-state index in [1.807, 2.05) is 24.3 Å². The van der Waals surface area contributed by atoms with Crippen molar-refractivity contribution in [3.05, 3.63) is 46.3 Å². The molecule has 0 bridgehead atoms. The number of ether oxygens (including phenoxy) is 1. The molecule has 0 saturated carbocycles. The number of benzene rings is 1. The predicted octanol–water partition coefficient (Wildman–Crippen LogP) is 1.63. The van der Waals surface area contributed by atoms with Crippen LogP contribution >= 0.6 is 0 Å². The molecular weight excluding hydrogens is 274 g/mol. The van der Waals surface area contributed by atoms with Gasteiger partial charge >= 0.3 is 5.69 Å². The first-order valence-electron chi connectivity index (χ1n) is 6.23. The van der Waals surface area contributed by atoms with Crippen molar-refractivity contribution in [1.82, 2.24) is 9.97 Å². The number of nitrogens with two attached hydrogens (primary N) is 1. The van der Waals surface area contributed by atoms with E-state index in [4.69, 9.17) is 10.5 Å². The molecule has 0 fully saturated rings. The number of hydrogen-bond donors (Lipinski definition) is 2. The molecule has 1 aromatic heterocycles. The summed E-state index contributed by atoms with van der Waals surface area (Å²) in [5.41, 5.74) is 6.24. The molecule has 0 radical (unpaired) electrons. The second-order valence-electron chi connectivity index (χ2n) is 4.24. The summed E-state index contributed by atoms with van der Waals surface area (Å²) in [6, 6.07) is 7.60. The van der Waals surface area contributed by atoms with Crippen LogP contribution in [0.4, 0.5) is 17.3 Å². The standard InChI is InChI=1S/C13H15N5O3/c1-21-10-4-2-3-9(7-10)5-6-15-13-11(18(19)20)12(14)16-8-17-13/h2-4,7-8H,5-6H2,1H3,(H3,14,15,16,17). The Morgan fingerprint density at radius 3 is 2.95 bits per heavy atom. The van der Waals surface area contributed by atoms with Gasteiger partial charge in [-0.25, -0.2) is 9.97 Å². The molecule has 0 amide bonds. The molecule has 0 aliphatic rings. The van der Waals surface area contributed by atoms with E-state index in [2.05, 4.69) is 15.3 Å². The quantitative estimate of drug-likeness (QED) is 0.613. The molecule has 1 aromatic carbocycles. The van der Waals surface area contributed by atoms with Gasteiger partial charge in [0.2, 0.25) is 11.6 Å². The molecule has 8 heteroatoms. The second kappa shape index (κ2) is 6.51. The topological polar surface area (TPSA) is 116 Å². The molecule has 3 N–H and O–H groups in total. The number of nitrogen functional groups attached to an aromatic ring is 1. The van der Waals surface area contributed by atoms with Crippen molar-refractivity contribution < 1.29 is 9.66 Å². The number of rotatable bonds is 6. The van der Waals surface area contributed by atoms with Crippen molar-refractivity contribution in [1.29, 1.82) is 0 Å². The Labute approximate surface area is 121 Å². The Kier molecular flexibility index (Phi) is 4.50. The van der Waals surface area contributed by atoms with E-state index >= 15 is 0 Å². The summed E-state index contributed by atoms with van der Waals surface area (Å²) in [5, 5.41) is 13.9. The van der Waals surface area contributed by atoms with Gasteiger partial charge in [-0.3, -0.25) is 10.1 Å². The Balaban J connectivity index is 2.03. The van der Waals surface area contributed by atoms with E-state index in [9.17, 15) is 10.1 Å². The fourth-order valence-corrected chi connectivity index (χ4v) is 1.85. The van der Waals surface area contributed by atoms with Crippen molar-refractivity contribution in [3.8, 4) is 5.75 Å². The van der Waals surface area contributed by atoms with Crippen LogP contribution in [0, 0.1) is 10.1 Å². The van der Waals surface area contributed by atoms with Crippen LogP contribution in [-0.4, -0.2) is 28.5 Å². The molecule has 8 nitrogen and oxygen atoms in total. The molecule has 0 spiro atoms. The maximum Gasteiger partial charge on any atom is 0.352 e. The molecule has 2 aromatic rings. The monoisotopic (exact) mass is 289 g/mol. The van der Waals surface area contributed by atoms with Gasteiger partial charge in [-0.05, 0) is 24.1 Å². The van der Waals surface area contributed by atoms with Crippen LogP contribution in [0.2, 0.25) is 0 Å². The minimum Gasteiger partial charge on any atom is -0.497 e. The van der Waals surface area contributed by atoms with Gasteiger partial charge in [0.15, 0.2) is 0 Å². The SMILES string of the molecule is COc1cccc(CCNc2ncnc(N)c2[N+](=O)[O-])c1. The van der Waals surface area contributed by atoms with Crippen molar-refractivity contribution in [2.24, 2.45) is 0 Å². The van der Waals surface area contributed by atoms with Gasteiger partial charge in [0.1, 0.15) is 12.1 Å². The lowest BCUT2D eigenvalue weighted by molar-refractivity contribution is -0.383. The molecule has 0 saturated heterocycles. The van der Waals surface area contributed by atoms with Crippen LogP contribution in [0.3, 0.4) is 0 Å². The number of nitro groups is 1. The van der Waals surface area contributed by atoms with E-state index < -0.39 is 4.92 Å². The number of aromatic nitrogens is 2. The first-order valence-corrected chi connectivity index (χ1v) is 6.23. The Morgan fingerprint density at radius 1 is 1.43 bits per heavy atom. The van der Waals surface area contributed by atoms with Crippen molar-refractivity contribution in [2.45, 2.75) is 6.42 Å². The zero-order chi connectivity index (χ0) is 15.2. The molecule has 21 heavy (non-hydrogen) atoms. The highest BCUT2D eigenvalue weighted by molar-refractivity contribution is 5.67. The Morgan fingerprint density at radius 2 is 2.24 bits per heavy atom. The highest BCUT2D eigenvalue weighted by Crippen LogP contribution is 2.26. The number of nitrogens with one attached hydrogen (secondary N) is 1. The van der Waals surface area contributed by atoms with Crippen LogP contribution in [0.15, 0.2) is 30.6 Å². The summed E-state index contributed by atoms with van der Waals surface area (Å²) in [6.07, 6.45) is 1.86. The van der Waals surface area contributed by atoms with Gasteiger partial charge in [0.05, 0.1) is 12.0 Å². The third-order valence-electron chi connectivity index (χ3n) is 2.87. The molecule has 1 heterocycles. The fraction of sp³-hybridized carbons (Fsp3) is 0.231. The van der Waals surface area contributed by atoms with Crippen LogP contribution < -0.4 is 15.8 Å². The average Bonchev–Trinajstić information content (AvgIpc) is 2.47. The maximum absolute atomic E-state index is 10.9. The van der Waals surface area contributed by atoms with Gasteiger partial charge in [0.25, 0.3) is 0 Å². The highest BCUT2D eigenvalue weighted by Gasteiger charge is 2.20. The fourth-order valence-electron chi connectivity index (χ4n) is 1.85. The van der Waals surface area contributed by atoms with Gasteiger partial charge in [-0.15, -0.1) is 0 Å². The van der Waals surface area contributed by atoms with Gasteiger partial charge in [-0.2, -0.15) is 0 Å². The van der Waals surface area contributed by atoms with E-state index in [0.29, 0.717) is 13.0 Å². The van der Waals surface area contributed by atoms with Crippen molar-refractivity contribution in [3.63, 3.8) is 0 Å². The highest BCUT2D eigenvalue weighted by atomic mass is 16.6. The lowest BCUT2D eigenvalue weighted by atomic mass is 10.1. The minimum atomic E-state index is -0.594. The summed E-state index contributed by atoms with van der Waals surface area (Å²) in [6.45, 7) is 0.477. The first-order chi connectivity index (χ1) is 10.1. The molecule has 0 unspecified atom stereocenters. The van der Waals surface area contributed by atoms with Crippen LogP contribution in [0.1, 0.15) is 5.56 Å². The molecule has 0 aliphatic heterocycles. The van der Waals surface area contributed by atoms with Crippen LogP contribution in [0.25, 0.3) is 0 Å². The minimum absolute atomic E-state index is 0.121. The zero-order valence-corrected chi connectivity index (χ0v) is 11.4. The summed E-state index contributed by atoms with van der Waals surface area (Å²) >= 11 is 0. The number of hydrogen-bond acceptors (Lipinski definition) is 7. The summed E-state index contributed by atoms with van der Waals surface area (Å²) < 4.78 is 5.14. The number of anilines is 2. The lowest BCUT2D eigenvalue weighted by Crippen LogP contribution is -2.10. The van der Waals surface area contributed by atoms with Gasteiger partial charge < -0.3 is 15.8 Å². The molecule has 0 atom stereocenters. The molecule has 110 valence electrons. The lowest BCUT2D eigenvalue weighted by Gasteiger charge is -2.07. The maximum atomic E-state index is 10.9. The van der Waals surface area contributed by atoms with E-state index in [-0.39, 0.29) is 17.3 Å². The van der Waals surface area contributed by atoms with E-state index in [1.165, 1.54) is 6.33 Å². The van der Waals surface area contributed by atoms with E-state index in [1.54, 1.807) is 7.11 Å². The van der Waals surface area contributed by atoms with Crippen molar-refractivity contribution >= 4 is 17.3 Å². The normalized spacial score (nSPS) is 10.1. The van der Waals surface area contributed by atoms with E-state index in [0.717, 1.165) is 11.3 Å². The zero-order valence-electron chi connectivity index (χ0n) is 11.4. The summed E-state index contributed by atoms with van der Waals surface area (Å²) in [4.78, 5) is 17.8. The van der Waals surface area contributed by atoms with Crippen LogP contribution in [-0.2, 0) is 6.42 Å².